The molecule has 0 aliphatic carbocycles. The first-order chi connectivity index (χ1) is 6.22. The van der Waals surface area contributed by atoms with Gasteiger partial charge in [-0.2, -0.15) is 0 Å². The van der Waals surface area contributed by atoms with Gasteiger partial charge in [-0.3, -0.25) is 0 Å². The summed E-state index contributed by atoms with van der Waals surface area (Å²) in [6.07, 6.45) is 0. The minimum Gasteiger partial charge on any atom is -0.495 e. The summed E-state index contributed by atoms with van der Waals surface area (Å²) < 4.78 is 10.0. The fourth-order valence-corrected chi connectivity index (χ4v) is 1.64. The number of hydrogen-bond donors (Lipinski definition) is 1. The zero-order chi connectivity index (χ0) is 9.42. The lowest BCUT2D eigenvalue weighted by Gasteiger charge is -2.05. The van der Waals surface area contributed by atoms with Crippen LogP contribution in [0.3, 0.4) is 0 Å². The molecule has 68 valence electrons. The van der Waals surface area contributed by atoms with E-state index in [0.717, 1.165) is 11.0 Å². The molecule has 0 unspecified atom stereocenters. The third-order valence-corrected chi connectivity index (χ3v) is 2.37. The van der Waals surface area contributed by atoms with E-state index >= 15 is 0 Å². The molecule has 0 saturated carbocycles. The van der Waals surface area contributed by atoms with Gasteiger partial charge in [0.25, 0.3) is 0 Å². The van der Waals surface area contributed by atoms with Crippen molar-refractivity contribution in [2.45, 2.75) is 6.61 Å². The monoisotopic (exact) mass is 198 g/mol. The second kappa shape index (κ2) is 3.22. The van der Waals surface area contributed by atoms with Gasteiger partial charge in [-0.25, -0.2) is 0 Å². The Kier molecular flexibility index (Phi) is 2.19. The first-order valence-electron chi connectivity index (χ1n) is 3.88. The van der Waals surface area contributed by atoms with E-state index in [9.17, 15) is 5.02 Å². The normalized spacial score (nSPS) is 14.5. The van der Waals surface area contributed by atoms with Gasteiger partial charge in [0.1, 0.15) is 5.75 Å². The lowest BCUT2D eigenvalue weighted by Crippen LogP contribution is -2.28. The van der Waals surface area contributed by atoms with Gasteiger partial charge >= 0.3 is 7.12 Å². The molecule has 13 heavy (non-hydrogen) atoms. The van der Waals surface area contributed by atoms with Crippen LogP contribution in [0.5, 0.6) is 5.75 Å². The van der Waals surface area contributed by atoms with Gasteiger partial charge in [-0.15, -0.1) is 0 Å². The van der Waals surface area contributed by atoms with Crippen LogP contribution in [0.25, 0.3) is 0 Å². The van der Waals surface area contributed by atoms with Gasteiger partial charge < -0.3 is 14.4 Å². The third kappa shape index (κ3) is 1.41. The summed E-state index contributed by atoms with van der Waals surface area (Å²) in [5.74, 6) is 0.560. The maximum absolute atomic E-state index is 9.37. The van der Waals surface area contributed by atoms with Gasteiger partial charge in [0.15, 0.2) is 0 Å². The highest BCUT2D eigenvalue weighted by molar-refractivity contribution is 6.61. The van der Waals surface area contributed by atoms with Crippen molar-refractivity contribution in [1.82, 2.24) is 0 Å². The summed E-state index contributed by atoms with van der Waals surface area (Å²) in [5, 5.41) is 9.91. The van der Waals surface area contributed by atoms with Gasteiger partial charge in [0.2, 0.25) is 0 Å². The second-order valence-corrected chi connectivity index (χ2v) is 3.26. The smallest absolute Gasteiger partial charge is 0.491 e. The number of hydrogen-bond acceptors (Lipinski definition) is 3. The second-order valence-electron chi connectivity index (χ2n) is 2.85. The molecule has 1 aliphatic rings. The van der Waals surface area contributed by atoms with Gasteiger partial charge in [0, 0.05) is 0 Å². The van der Waals surface area contributed by atoms with Gasteiger partial charge in [-0.05, 0) is 23.2 Å². The molecule has 2 rings (SSSR count). The minimum atomic E-state index is -0.846. The number of benzene rings is 1. The molecule has 5 heteroatoms. The predicted octanol–water partition coefficient (Wildman–Crippen LogP) is 0.566. The van der Waals surface area contributed by atoms with Crippen LogP contribution in [-0.4, -0.2) is 19.3 Å². The molecule has 1 N–H and O–H groups in total. The molecule has 0 aromatic heterocycles. The molecule has 0 radical (unpaired) electrons. The van der Waals surface area contributed by atoms with Crippen molar-refractivity contribution < 1.29 is 14.4 Å². The maximum Gasteiger partial charge on any atom is 0.491 e. The Morgan fingerprint density at radius 1 is 1.62 bits per heavy atom. The fourth-order valence-electron chi connectivity index (χ4n) is 1.38. The van der Waals surface area contributed by atoms with Crippen LogP contribution >= 0.6 is 11.6 Å². The van der Waals surface area contributed by atoms with E-state index in [1.165, 1.54) is 7.11 Å². The first-order valence-corrected chi connectivity index (χ1v) is 4.26. The number of rotatable bonds is 1. The van der Waals surface area contributed by atoms with Crippen LogP contribution in [0, 0.1) is 0 Å². The minimum absolute atomic E-state index is 0.403. The van der Waals surface area contributed by atoms with Gasteiger partial charge in [0.05, 0.1) is 18.7 Å². The number of methoxy groups -OCH3 is 1. The molecule has 0 spiro atoms. The van der Waals surface area contributed by atoms with Crippen LogP contribution in [-0.2, 0) is 11.3 Å². The molecule has 1 aliphatic heterocycles. The van der Waals surface area contributed by atoms with Gasteiger partial charge in [-0.1, -0.05) is 11.6 Å². The van der Waals surface area contributed by atoms with E-state index in [4.69, 9.17) is 21.0 Å². The third-order valence-electron chi connectivity index (χ3n) is 2.08. The molecular weight excluding hydrogens is 190 g/mol. The van der Waals surface area contributed by atoms with Crippen molar-refractivity contribution in [2.75, 3.05) is 7.11 Å². The van der Waals surface area contributed by atoms with Crippen molar-refractivity contribution in [3.8, 4) is 5.75 Å². The van der Waals surface area contributed by atoms with Crippen LogP contribution < -0.4 is 10.2 Å². The van der Waals surface area contributed by atoms with Crippen molar-refractivity contribution in [3.05, 3.63) is 22.7 Å². The average molecular weight is 198 g/mol. The van der Waals surface area contributed by atoms with Crippen molar-refractivity contribution in [3.63, 3.8) is 0 Å². The van der Waals surface area contributed by atoms with Crippen molar-refractivity contribution in [1.29, 1.82) is 0 Å². The molecule has 0 atom stereocenters. The van der Waals surface area contributed by atoms with E-state index in [1.54, 1.807) is 12.1 Å². The SMILES string of the molecule is COc1cc2c(cc1Cl)COB2O. The largest absolute Gasteiger partial charge is 0.495 e. The lowest BCUT2D eigenvalue weighted by molar-refractivity contribution is 0.275. The average Bonchev–Trinajstić information content (AvgIpc) is 2.46. The molecule has 1 aromatic carbocycles. The Morgan fingerprint density at radius 2 is 2.38 bits per heavy atom. The highest BCUT2D eigenvalue weighted by Gasteiger charge is 2.28. The molecule has 0 amide bonds. The Labute approximate surface area is 81.4 Å². The highest BCUT2D eigenvalue weighted by atomic mass is 35.5. The first kappa shape index (κ1) is 8.87. The molecular formula is C8H8BClO3. The number of fused-ring (bicyclic) bond motifs is 1. The zero-order valence-electron chi connectivity index (χ0n) is 7.08. The summed E-state index contributed by atoms with van der Waals surface area (Å²) >= 11 is 5.89. The lowest BCUT2D eigenvalue weighted by atomic mass is 9.79. The summed E-state index contributed by atoms with van der Waals surface area (Å²) in [4.78, 5) is 0. The van der Waals surface area contributed by atoms with Crippen LogP contribution in [0.1, 0.15) is 5.56 Å². The molecule has 0 bridgehead atoms. The molecule has 3 nitrogen and oxygen atoms in total. The molecule has 0 fully saturated rings. The molecule has 0 saturated heterocycles. The summed E-state index contributed by atoms with van der Waals surface area (Å²) in [6.45, 7) is 0.403. The summed E-state index contributed by atoms with van der Waals surface area (Å²) in [5.41, 5.74) is 1.65. The van der Waals surface area contributed by atoms with Crippen LogP contribution in [0.15, 0.2) is 12.1 Å². The van der Waals surface area contributed by atoms with E-state index < -0.39 is 7.12 Å². The Bertz CT molecular complexity index is 342. The fraction of sp³-hybridized carbons (Fsp3) is 0.250. The molecule has 1 aromatic rings. The van der Waals surface area contributed by atoms with E-state index in [2.05, 4.69) is 0 Å². The van der Waals surface area contributed by atoms with Crippen molar-refractivity contribution >= 4 is 24.2 Å². The summed E-state index contributed by atoms with van der Waals surface area (Å²) in [7, 11) is 0.691. The van der Waals surface area contributed by atoms with Crippen molar-refractivity contribution in [2.24, 2.45) is 0 Å². The maximum atomic E-state index is 9.37. The Balaban J connectivity index is 2.51. The Hall–Kier alpha value is -0.705. The summed E-state index contributed by atoms with van der Waals surface area (Å²) in [6, 6.07) is 3.46. The molecule has 1 heterocycles. The van der Waals surface area contributed by atoms with Crippen LogP contribution in [0.4, 0.5) is 0 Å². The number of halogens is 1. The highest BCUT2D eigenvalue weighted by Crippen LogP contribution is 2.26. The predicted molar refractivity (Wildman–Crippen MR) is 50.4 cm³/mol. The van der Waals surface area contributed by atoms with E-state index in [-0.39, 0.29) is 0 Å². The standard InChI is InChI=1S/C8H8BClO3/c1-12-8-3-6-5(2-7(8)10)4-13-9(6)11/h2-3,11H,4H2,1H3. The van der Waals surface area contributed by atoms with E-state index in [0.29, 0.717) is 17.4 Å². The van der Waals surface area contributed by atoms with Crippen LogP contribution in [0.2, 0.25) is 5.02 Å². The van der Waals surface area contributed by atoms with E-state index in [1.807, 2.05) is 0 Å². The topological polar surface area (TPSA) is 38.7 Å². The Morgan fingerprint density at radius 3 is 3.08 bits per heavy atom. The quantitative estimate of drug-likeness (QED) is 0.671. The zero-order valence-corrected chi connectivity index (χ0v) is 7.84. The number of ether oxygens (including phenoxy) is 1.